The molecule has 1 N–H and O–H groups in total. The van der Waals surface area contributed by atoms with E-state index < -0.39 is 0 Å². The number of nitrogens with one attached hydrogen (secondary N) is 1. The Balaban J connectivity index is 1.46. The number of amides is 1. The van der Waals surface area contributed by atoms with Gasteiger partial charge < -0.3 is 29.3 Å². The van der Waals surface area contributed by atoms with Crippen LogP contribution in [0.15, 0.2) is 42.5 Å². The summed E-state index contributed by atoms with van der Waals surface area (Å²) in [4.78, 5) is 21.2. The summed E-state index contributed by atoms with van der Waals surface area (Å²) in [5.41, 5.74) is 4.54. The number of fused-ring (bicyclic) bond motifs is 1. The molecule has 0 radical (unpaired) electrons. The minimum absolute atomic E-state index is 0.240. The van der Waals surface area contributed by atoms with Gasteiger partial charge in [-0.3, -0.25) is 0 Å². The van der Waals surface area contributed by atoms with Gasteiger partial charge in [0, 0.05) is 43.7 Å². The molecular weight excluding hydrogens is 456 g/mol. The van der Waals surface area contributed by atoms with Gasteiger partial charge in [0.15, 0.2) is 11.5 Å². The number of rotatable bonds is 9. The van der Waals surface area contributed by atoms with Crippen LogP contribution in [-0.2, 0) is 17.7 Å². The lowest BCUT2D eigenvalue weighted by Gasteiger charge is -2.35. The van der Waals surface area contributed by atoms with E-state index >= 15 is 0 Å². The number of benzene rings is 2. The van der Waals surface area contributed by atoms with Crippen LogP contribution in [0.25, 0.3) is 10.9 Å². The molecule has 36 heavy (non-hydrogen) atoms. The molecule has 8 heteroatoms. The first-order valence-corrected chi connectivity index (χ1v) is 12.5. The smallest absolute Gasteiger partial charge is 0.409 e. The molecule has 2 heterocycles. The average molecular weight is 493 g/mol. The molecule has 2 aromatic carbocycles. The third-order valence-electron chi connectivity index (χ3n) is 6.49. The lowest BCUT2D eigenvalue weighted by molar-refractivity contribution is 0.105. The molecule has 0 atom stereocenters. The number of aryl methyl sites for hydroxylation is 1. The van der Waals surface area contributed by atoms with Crippen molar-refractivity contribution in [2.75, 3.05) is 58.5 Å². The van der Waals surface area contributed by atoms with Gasteiger partial charge in [-0.05, 0) is 62.7 Å². The highest BCUT2D eigenvalue weighted by atomic mass is 16.6. The van der Waals surface area contributed by atoms with Crippen molar-refractivity contribution < 1.29 is 19.0 Å². The Morgan fingerprint density at radius 2 is 1.78 bits per heavy atom. The predicted molar refractivity (Wildman–Crippen MR) is 142 cm³/mol. The zero-order chi connectivity index (χ0) is 25.5. The van der Waals surface area contributed by atoms with Gasteiger partial charge in [-0.25, -0.2) is 9.78 Å². The van der Waals surface area contributed by atoms with E-state index in [1.165, 1.54) is 11.1 Å². The molecule has 0 aliphatic carbocycles. The maximum absolute atomic E-state index is 12.1. The van der Waals surface area contributed by atoms with Gasteiger partial charge in [0.25, 0.3) is 0 Å². The highest BCUT2D eigenvalue weighted by Crippen LogP contribution is 2.28. The Bertz CT molecular complexity index is 1190. The van der Waals surface area contributed by atoms with Crippen LogP contribution in [0.3, 0.4) is 0 Å². The number of carbonyl (C=O) groups is 1. The normalized spacial score (nSPS) is 13.7. The number of piperazine rings is 1. The molecule has 0 bridgehead atoms. The van der Waals surface area contributed by atoms with Gasteiger partial charge in [0.05, 0.1) is 26.3 Å². The number of hydrogen-bond donors (Lipinski definition) is 1. The molecule has 1 aliphatic rings. The summed E-state index contributed by atoms with van der Waals surface area (Å²) in [6, 6.07) is 14.6. The van der Waals surface area contributed by atoms with Crippen molar-refractivity contribution in [2.45, 2.75) is 26.8 Å². The van der Waals surface area contributed by atoms with Gasteiger partial charge >= 0.3 is 6.09 Å². The molecule has 1 fully saturated rings. The number of aromatic nitrogens is 1. The number of nitrogens with zero attached hydrogens (tertiary/aromatic N) is 3. The standard InChI is InChI=1S/C28H36N4O4/c1-5-36-28(33)32-14-12-31(13-15-32)27-23(18-22-16-20(2)6-8-24(22)30-27)19-29-11-10-21-7-9-25(34-3)26(17-21)35-4/h6-9,16-18,29H,5,10-15,19H2,1-4H3. The lowest BCUT2D eigenvalue weighted by atomic mass is 10.1. The van der Waals surface area contributed by atoms with Crippen molar-refractivity contribution >= 4 is 22.8 Å². The second-order valence-corrected chi connectivity index (χ2v) is 8.96. The van der Waals surface area contributed by atoms with E-state index in [0.717, 1.165) is 59.8 Å². The highest BCUT2D eigenvalue weighted by Gasteiger charge is 2.24. The largest absolute Gasteiger partial charge is 0.493 e. The van der Waals surface area contributed by atoms with E-state index in [2.05, 4.69) is 47.5 Å². The highest BCUT2D eigenvalue weighted by molar-refractivity contribution is 5.82. The number of anilines is 1. The van der Waals surface area contributed by atoms with Gasteiger partial charge in [-0.2, -0.15) is 0 Å². The van der Waals surface area contributed by atoms with Crippen molar-refractivity contribution in [3.8, 4) is 11.5 Å². The van der Waals surface area contributed by atoms with Crippen molar-refractivity contribution in [2.24, 2.45) is 0 Å². The summed E-state index contributed by atoms with van der Waals surface area (Å²) in [6.45, 7) is 8.54. The first kappa shape index (κ1) is 25.6. The number of methoxy groups -OCH3 is 2. The molecule has 192 valence electrons. The second-order valence-electron chi connectivity index (χ2n) is 8.96. The molecule has 3 aromatic rings. The van der Waals surface area contributed by atoms with Crippen molar-refractivity contribution in [3.05, 3.63) is 59.2 Å². The molecule has 0 spiro atoms. The first-order chi connectivity index (χ1) is 17.5. The van der Waals surface area contributed by atoms with Crippen molar-refractivity contribution in [3.63, 3.8) is 0 Å². The fourth-order valence-electron chi connectivity index (χ4n) is 4.54. The van der Waals surface area contributed by atoms with Gasteiger partial charge in [0.1, 0.15) is 5.82 Å². The monoisotopic (exact) mass is 492 g/mol. The summed E-state index contributed by atoms with van der Waals surface area (Å²) < 4.78 is 15.9. The molecule has 1 aromatic heterocycles. The quantitative estimate of drug-likeness (QED) is 0.449. The Morgan fingerprint density at radius 1 is 1.00 bits per heavy atom. The summed E-state index contributed by atoms with van der Waals surface area (Å²) in [5.74, 6) is 2.46. The third kappa shape index (κ3) is 5.99. The van der Waals surface area contributed by atoms with Crippen LogP contribution in [-0.4, -0.2) is 69.5 Å². The average Bonchev–Trinajstić information content (AvgIpc) is 2.90. The summed E-state index contributed by atoms with van der Waals surface area (Å²) in [7, 11) is 3.30. The van der Waals surface area contributed by atoms with Crippen LogP contribution in [0.4, 0.5) is 10.6 Å². The molecule has 4 rings (SSSR count). The predicted octanol–water partition coefficient (Wildman–Crippen LogP) is 4.17. The zero-order valence-corrected chi connectivity index (χ0v) is 21.7. The Labute approximate surface area is 213 Å². The first-order valence-electron chi connectivity index (χ1n) is 12.5. The molecule has 0 unspecified atom stereocenters. The van der Waals surface area contributed by atoms with Crippen LogP contribution in [0, 0.1) is 6.92 Å². The van der Waals surface area contributed by atoms with Gasteiger partial charge in [-0.15, -0.1) is 0 Å². The van der Waals surface area contributed by atoms with Crippen LogP contribution in [0.2, 0.25) is 0 Å². The molecule has 0 saturated carbocycles. The van der Waals surface area contributed by atoms with E-state index in [0.29, 0.717) is 26.2 Å². The molecule has 8 nitrogen and oxygen atoms in total. The van der Waals surface area contributed by atoms with E-state index in [1.54, 1.807) is 19.1 Å². The molecule has 1 aliphatic heterocycles. The number of ether oxygens (including phenoxy) is 3. The van der Waals surface area contributed by atoms with E-state index in [1.807, 2.05) is 19.1 Å². The maximum Gasteiger partial charge on any atom is 0.409 e. The van der Waals surface area contributed by atoms with Crippen LogP contribution < -0.4 is 19.7 Å². The SMILES string of the molecule is CCOC(=O)N1CCN(c2nc3ccc(C)cc3cc2CNCCc2ccc(OC)c(OC)c2)CC1. The minimum Gasteiger partial charge on any atom is -0.493 e. The topological polar surface area (TPSA) is 76.2 Å². The molecular formula is C28H36N4O4. The lowest BCUT2D eigenvalue weighted by Crippen LogP contribution is -2.49. The van der Waals surface area contributed by atoms with Crippen LogP contribution in [0.1, 0.15) is 23.6 Å². The van der Waals surface area contributed by atoms with E-state index in [-0.39, 0.29) is 6.09 Å². The Morgan fingerprint density at radius 3 is 2.50 bits per heavy atom. The molecule has 1 saturated heterocycles. The summed E-state index contributed by atoms with van der Waals surface area (Å²) in [5, 5.41) is 4.73. The van der Waals surface area contributed by atoms with Crippen molar-refractivity contribution in [1.29, 1.82) is 0 Å². The number of pyridine rings is 1. The minimum atomic E-state index is -0.240. The Hall–Kier alpha value is -3.52. The second kappa shape index (κ2) is 11.9. The van der Waals surface area contributed by atoms with Gasteiger partial charge in [-0.1, -0.05) is 17.7 Å². The van der Waals surface area contributed by atoms with E-state index in [4.69, 9.17) is 19.2 Å². The fourth-order valence-corrected chi connectivity index (χ4v) is 4.54. The fraction of sp³-hybridized carbons (Fsp3) is 0.429. The van der Waals surface area contributed by atoms with Crippen LogP contribution in [0.5, 0.6) is 11.5 Å². The summed E-state index contributed by atoms with van der Waals surface area (Å²) >= 11 is 0. The zero-order valence-electron chi connectivity index (χ0n) is 21.7. The Kier molecular flexibility index (Phi) is 8.48. The summed E-state index contributed by atoms with van der Waals surface area (Å²) in [6.07, 6.45) is 0.629. The van der Waals surface area contributed by atoms with Crippen molar-refractivity contribution in [1.82, 2.24) is 15.2 Å². The third-order valence-corrected chi connectivity index (χ3v) is 6.49. The van der Waals surface area contributed by atoms with Crippen LogP contribution >= 0.6 is 0 Å². The molecule has 1 amide bonds. The van der Waals surface area contributed by atoms with Gasteiger partial charge in [0.2, 0.25) is 0 Å². The maximum atomic E-state index is 12.1. The number of carbonyl (C=O) groups excluding carboxylic acids is 1. The number of hydrogen-bond acceptors (Lipinski definition) is 7. The van der Waals surface area contributed by atoms with E-state index in [9.17, 15) is 4.79 Å².